The summed E-state index contributed by atoms with van der Waals surface area (Å²) < 4.78 is 11.2. The Bertz CT molecular complexity index is 1120. The van der Waals surface area contributed by atoms with Crippen molar-refractivity contribution >= 4 is 5.91 Å². The van der Waals surface area contributed by atoms with E-state index in [1.165, 1.54) is 161 Å². The molecule has 0 saturated carbocycles. The number of ether oxygens (including phenoxy) is 2. The first kappa shape index (κ1) is 60.4. The molecule has 1 saturated heterocycles. The SMILES string of the molecule is CCCCCCCC/C=C/CC/C=C/CC/C=C/C(O)C(COC1OC(CO)C(O)C(O)C1O)NC(=O)C(O)CCCCCCCCCCCCCCCCCCCCCCCCC. The van der Waals surface area contributed by atoms with Crippen LogP contribution in [0.25, 0.3) is 0 Å². The van der Waals surface area contributed by atoms with Crippen LogP contribution in [0.3, 0.4) is 0 Å². The van der Waals surface area contributed by atoms with Crippen molar-refractivity contribution in [1.29, 1.82) is 0 Å². The topological polar surface area (TPSA) is 169 Å². The second-order valence-electron chi connectivity index (χ2n) is 18.8. The lowest BCUT2D eigenvalue weighted by molar-refractivity contribution is -0.302. The van der Waals surface area contributed by atoms with Gasteiger partial charge in [0.15, 0.2) is 6.29 Å². The fourth-order valence-electron chi connectivity index (χ4n) is 8.43. The Balaban J connectivity index is 2.32. The lowest BCUT2D eigenvalue weighted by Crippen LogP contribution is -2.60. The second kappa shape index (κ2) is 43.9. The first-order chi connectivity index (χ1) is 31.3. The third-order valence-electron chi connectivity index (χ3n) is 12.8. The van der Waals surface area contributed by atoms with Gasteiger partial charge in [-0.1, -0.05) is 230 Å². The third-order valence-corrected chi connectivity index (χ3v) is 12.8. The minimum atomic E-state index is -1.62. The molecule has 0 bridgehead atoms. The Kier molecular flexibility index (Phi) is 41.4. The number of unbranched alkanes of at least 4 members (excludes halogenated alkanes) is 30. The van der Waals surface area contributed by atoms with Crippen LogP contribution >= 0.6 is 0 Å². The number of aliphatic hydroxyl groups is 6. The van der Waals surface area contributed by atoms with Gasteiger partial charge in [0.1, 0.15) is 30.5 Å². The molecular formula is C54H101NO9. The summed E-state index contributed by atoms with van der Waals surface area (Å²) >= 11 is 0. The maximum absolute atomic E-state index is 13.1. The van der Waals surface area contributed by atoms with Crippen molar-refractivity contribution in [3.63, 3.8) is 0 Å². The van der Waals surface area contributed by atoms with E-state index in [1.807, 2.05) is 6.08 Å². The third kappa shape index (κ3) is 32.9. The normalized spacial score (nSPS) is 20.8. The zero-order valence-corrected chi connectivity index (χ0v) is 41.2. The Hall–Kier alpha value is -1.63. The number of hydrogen-bond acceptors (Lipinski definition) is 9. The van der Waals surface area contributed by atoms with Crippen LogP contribution in [0.2, 0.25) is 0 Å². The van der Waals surface area contributed by atoms with Crippen LogP contribution in [-0.2, 0) is 14.3 Å². The van der Waals surface area contributed by atoms with Gasteiger partial charge in [-0.15, -0.1) is 0 Å². The molecule has 0 aliphatic carbocycles. The Morgan fingerprint density at radius 2 is 0.922 bits per heavy atom. The van der Waals surface area contributed by atoms with E-state index < -0.39 is 61.5 Å². The molecule has 376 valence electrons. The van der Waals surface area contributed by atoms with E-state index in [4.69, 9.17) is 9.47 Å². The zero-order valence-electron chi connectivity index (χ0n) is 41.2. The van der Waals surface area contributed by atoms with Crippen LogP contribution in [0.4, 0.5) is 0 Å². The summed E-state index contributed by atoms with van der Waals surface area (Å²) in [5, 5.41) is 64.9. The highest BCUT2D eigenvalue weighted by molar-refractivity contribution is 5.80. The molecule has 1 rings (SSSR count). The molecule has 10 heteroatoms. The summed E-state index contributed by atoms with van der Waals surface area (Å²) in [6, 6.07) is -1.00. The largest absolute Gasteiger partial charge is 0.394 e. The van der Waals surface area contributed by atoms with Crippen LogP contribution in [0, 0.1) is 0 Å². The molecule has 8 unspecified atom stereocenters. The molecule has 64 heavy (non-hydrogen) atoms. The predicted octanol–water partition coefficient (Wildman–Crippen LogP) is 11.4. The standard InChI is InChI=1S/C54H101NO9/c1-3-5-7-9-11-13-15-17-19-21-22-23-24-25-26-27-29-31-33-35-37-39-41-43-48(58)53(62)55-46(45-63-54-52(61)51(60)50(59)49(44-56)64-54)47(57)42-40-38-36-34-32-30-28-20-18-16-14-12-10-8-6-4-2/h18,20,32,34,40,42,46-52,54,56-61H,3-17,19,21-31,33,35-39,41,43-45H2,1-2H3,(H,55,62)/b20-18+,34-32+,42-40+. The van der Waals surface area contributed by atoms with Crippen molar-refractivity contribution in [2.24, 2.45) is 0 Å². The first-order valence-electron chi connectivity index (χ1n) is 26.8. The minimum Gasteiger partial charge on any atom is -0.394 e. The van der Waals surface area contributed by atoms with E-state index in [0.29, 0.717) is 19.3 Å². The van der Waals surface area contributed by atoms with Crippen LogP contribution < -0.4 is 5.32 Å². The smallest absolute Gasteiger partial charge is 0.249 e. The predicted molar refractivity (Wildman–Crippen MR) is 264 cm³/mol. The van der Waals surface area contributed by atoms with Gasteiger partial charge >= 0.3 is 0 Å². The average molecular weight is 908 g/mol. The molecule has 0 aromatic carbocycles. The van der Waals surface area contributed by atoms with Crippen molar-refractivity contribution < 1.29 is 44.9 Å². The number of aliphatic hydroxyl groups excluding tert-OH is 6. The van der Waals surface area contributed by atoms with Crippen LogP contribution in [0.5, 0.6) is 0 Å². The number of amides is 1. The van der Waals surface area contributed by atoms with Crippen molar-refractivity contribution in [1.82, 2.24) is 5.32 Å². The Labute approximate surface area is 392 Å². The molecule has 8 atom stereocenters. The van der Waals surface area contributed by atoms with Gasteiger partial charge in [0, 0.05) is 0 Å². The molecular weight excluding hydrogens is 807 g/mol. The number of carbonyl (C=O) groups is 1. The molecule has 1 aliphatic heterocycles. The van der Waals surface area contributed by atoms with Gasteiger partial charge in [-0.3, -0.25) is 4.79 Å². The lowest BCUT2D eigenvalue weighted by Gasteiger charge is -2.40. The van der Waals surface area contributed by atoms with E-state index in [2.05, 4.69) is 43.5 Å². The van der Waals surface area contributed by atoms with Gasteiger partial charge in [0.2, 0.25) is 5.91 Å². The highest BCUT2D eigenvalue weighted by Crippen LogP contribution is 2.23. The van der Waals surface area contributed by atoms with Gasteiger partial charge < -0.3 is 45.4 Å². The van der Waals surface area contributed by atoms with Crippen LogP contribution in [-0.4, -0.2) is 98.7 Å². The van der Waals surface area contributed by atoms with Gasteiger partial charge in [-0.05, 0) is 44.9 Å². The molecule has 1 aliphatic rings. The number of hydrogen-bond donors (Lipinski definition) is 7. The summed E-state index contributed by atoms with van der Waals surface area (Å²) in [6.45, 7) is 3.60. The van der Waals surface area contributed by atoms with E-state index in [0.717, 1.165) is 44.9 Å². The van der Waals surface area contributed by atoms with Crippen molar-refractivity contribution in [2.45, 2.75) is 288 Å². The molecule has 0 aromatic heterocycles. The van der Waals surface area contributed by atoms with Crippen LogP contribution in [0.15, 0.2) is 36.5 Å². The maximum Gasteiger partial charge on any atom is 0.249 e. The van der Waals surface area contributed by atoms with E-state index in [1.54, 1.807) is 6.08 Å². The molecule has 1 heterocycles. The van der Waals surface area contributed by atoms with Gasteiger partial charge in [0.05, 0.1) is 25.4 Å². The number of nitrogens with one attached hydrogen (secondary N) is 1. The monoisotopic (exact) mass is 908 g/mol. The van der Waals surface area contributed by atoms with Gasteiger partial charge in [-0.25, -0.2) is 0 Å². The molecule has 10 nitrogen and oxygen atoms in total. The maximum atomic E-state index is 13.1. The summed E-state index contributed by atoms with van der Waals surface area (Å²) in [6.07, 6.45) is 45.3. The first-order valence-corrected chi connectivity index (χ1v) is 26.8. The van der Waals surface area contributed by atoms with Gasteiger partial charge in [0.25, 0.3) is 0 Å². The molecule has 1 fully saturated rings. The van der Waals surface area contributed by atoms with Gasteiger partial charge in [-0.2, -0.15) is 0 Å². The van der Waals surface area contributed by atoms with E-state index >= 15 is 0 Å². The summed E-state index contributed by atoms with van der Waals surface area (Å²) in [4.78, 5) is 13.1. The number of rotatable bonds is 45. The summed E-state index contributed by atoms with van der Waals surface area (Å²) in [5.41, 5.74) is 0. The Morgan fingerprint density at radius 3 is 1.36 bits per heavy atom. The summed E-state index contributed by atoms with van der Waals surface area (Å²) in [5.74, 6) is -0.627. The van der Waals surface area contributed by atoms with Crippen molar-refractivity contribution in [3.05, 3.63) is 36.5 Å². The molecule has 0 radical (unpaired) electrons. The zero-order chi connectivity index (χ0) is 46.7. The fraction of sp³-hybridized carbons (Fsp3) is 0.870. The summed E-state index contributed by atoms with van der Waals surface area (Å²) in [7, 11) is 0. The molecule has 7 N–H and O–H groups in total. The lowest BCUT2D eigenvalue weighted by atomic mass is 9.99. The molecule has 1 amide bonds. The van der Waals surface area contributed by atoms with Crippen molar-refractivity contribution in [3.8, 4) is 0 Å². The number of allylic oxidation sites excluding steroid dienone is 5. The average Bonchev–Trinajstić information content (AvgIpc) is 3.29. The minimum absolute atomic E-state index is 0.304. The molecule has 0 aromatic rings. The van der Waals surface area contributed by atoms with Crippen molar-refractivity contribution in [2.75, 3.05) is 13.2 Å². The Morgan fingerprint density at radius 1 is 0.531 bits per heavy atom. The molecule has 0 spiro atoms. The highest BCUT2D eigenvalue weighted by atomic mass is 16.7. The van der Waals surface area contributed by atoms with E-state index in [-0.39, 0.29) is 6.61 Å². The highest BCUT2D eigenvalue weighted by Gasteiger charge is 2.44. The second-order valence-corrected chi connectivity index (χ2v) is 18.8. The fourth-order valence-corrected chi connectivity index (χ4v) is 8.43. The van der Waals surface area contributed by atoms with Crippen LogP contribution in [0.1, 0.15) is 239 Å². The van der Waals surface area contributed by atoms with E-state index in [9.17, 15) is 35.4 Å². The number of carbonyl (C=O) groups excluding carboxylic acids is 1. The quantitative estimate of drug-likeness (QED) is 0.0232.